The van der Waals surface area contributed by atoms with Gasteiger partial charge in [-0.2, -0.15) is 21.3 Å². The van der Waals surface area contributed by atoms with Gasteiger partial charge in [0.05, 0.1) is 35.5 Å². The van der Waals surface area contributed by atoms with Gasteiger partial charge in [-0.3, -0.25) is 0 Å². The predicted molar refractivity (Wildman–Crippen MR) is 111 cm³/mol. The van der Waals surface area contributed by atoms with Gasteiger partial charge in [0.25, 0.3) is 0 Å². The second kappa shape index (κ2) is 9.16. The van der Waals surface area contributed by atoms with E-state index >= 15 is 0 Å². The highest BCUT2D eigenvalue weighted by molar-refractivity contribution is 5.46. The van der Waals surface area contributed by atoms with Crippen molar-refractivity contribution in [1.29, 1.82) is 11.1 Å². The number of benzene rings is 2. The lowest BCUT2D eigenvalue weighted by Crippen LogP contribution is -2.37. The van der Waals surface area contributed by atoms with Crippen molar-refractivity contribution in [3.63, 3.8) is 0 Å². The summed E-state index contributed by atoms with van der Waals surface area (Å²) in [6.07, 6.45) is 0. The highest BCUT2D eigenvalue weighted by Crippen LogP contribution is 2.23. The summed E-state index contributed by atoms with van der Waals surface area (Å²) in [5.41, 5.74) is 15.5. The van der Waals surface area contributed by atoms with Gasteiger partial charge >= 0.3 is 0 Å². The molecule has 0 aromatic heterocycles. The van der Waals surface area contributed by atoms with Crippen LogP contribution in [0.3, 0.4) is 0 Å². The summed E-state index contributed by atoms with van der Waals surface area (Å²) >= 11 is 0. The number of azo groups is 1. The van der Waals surface area contributed by atoms with Gasteiger partial charge in [0.2, 0.25) is 0 Å². The van der Waals surface area contributed by atoms with E-state index in [-0.39, 0.29) is 0 Å². The average molecular weight is 381 g/mol. The van der Waals surface area contributed by atoms with Crippen molar-refractivity contribution >= 4 is 11.4 Å². The Morgan fingerprint density at radius 2 is 0.964 bits per heavy atom. The molecule has 0 spiro atoms. The lowest BCUT2D eigenvalue weighted by Gasteiger charge is -2.29. The Kier molecular flexibility index (Phi) is 6.92. The van der Waals surface area contributed by atoms with E-state index in [2.05, 4.69) is 20.7 Å². The first kappa shape index (κ1) is 21.1. The minimum absolute atomic E-state index is 0.422. The molecule has 0 unspecified atom stereocenters. The van der Waals surface area contributed by atoms with Crippen LogP contribution >= 0.6 is 0 Å². The van der Waals surface area contributed by atoms with Crippen molar-refractivity contribution in [3.05, 3.63) is 60.7 Å². The topological polar surface area (TPSA) is 104 Å². The molecule has 0 bridgehead atoms. The van der Waals surface area contributed by atoms with E-state index in [0.29, 0.717) is 13.1 Å². The van der Waals surface area contributed by atoms with Crippen molar-refractivity contribution in [2.75, 3.05) is 23.1 Å². The van der Waals surface area contributed by atoms with Crippen LogP contribution in [0.15, 0.2) is 81.3 Å². The number of para-hydroxylation sites is 2. The first-order valence-corrected chi connectivity index (χ1v) is 9.10. The molecule has 0 aliphatic rings. The van der Waals surface area contributed by atoms with Gasteiger partial charge in [0.15, 0.2) is 0 Å². The van der Waals surface area contributed by atoms with Crippen LogP contribution in [0.4, 0.5) is 11.4 Å². The summed E-state index contributed by atoms with van der Waals surface area (Å²) in [5, 5.41) is 19.5. The number of rotatable bonds is 10. The first-order chi connectivity index (χ1) is 13.3. The number of hydrogen-bond acceptors (Lipinski definition) is 6. The Balaban J connectivity index is 2.08. The zero-order valence-electron chi connectivity index (χ0n) is 16.9. The molecule has 2 rings (SSSR count). The molecule has 0 aliphatic carbocycles. The summed E-state index contributed by atoms with van der Waals surface area (Å²) in [6.45, 7) is 8.67. The van der Waals surface area contributed by atoms with E-state index in [9.17, 15) is 0 Å². The summed E-state index contributed by atoms with van der Waals surface area (Å²) in [4.78, 5) is 0. The Labute approximate surface area is 166 Å². The van der Waals surface area contributed by atoms with E-state index in [1.165, 1.54) is 0 Å². The Hall–Kier alpha value is -3.16. The second-order valence-corrected chi connectivity index (χ2v) is 7.81. The predicted octanol–water partition coefficient (Wildman–Crippen LogP) is 5.90. The fraction of sp³-hybridized carbons (Fsp3) is 0.400. The largest absolute Gasteiger partial charge is 0.245 e. The number of hydrogen-bond donors (Lipinski definition) is 2. The van der Waals surface area contributed by atoms with Gasteiger partial charge in [-0.25, -0.2) is 10.0 Å². The summed E-state index contributed by atoms with van der Waals surface area (Å²) in [7, 11) is 0. The van der Waals surface area contributed by atoms with Crippen molar-refractivity contribution in [1.82, 2.24) is 0 Å². The van der Waals surface area contributed by atoms with Crippen LogP contribution in [-0.4, -0.2) is 24.2 Å². The fourth-order valence-corrected chi connectivity index (χ4v) is 2.64. The molecule has 2 aromatic rings. The van der Waals surface area contributed by atoms with Crippen molar-refractivity contribution in [2.45, 2.75) is 38.8 Å². The number of nitrogens with one attached hydrogen (secondary N) is 2. The highest BCUT2D eigenvalue weighted by atomic mass is 15.5. The van der Waals surface area contributed by atoms with Crippen molar-refractivity contribution in [3.8, 4) is 0 Å². The minimum atomic E-state index is -0.548. The first-order valence-electron chi connectivity index (χ1n) is 9.10. The van der Waals surface area contributed by atoms with Crippen molar-refractivity contribution in [2.24, 2.45) is 20.7 Å². The van der Waals surface area contributed by atoms with Gasteiger partial charge in [0.1, 0.15) is 0 Å². The van der Waals surface area contributed by atoms with Gasteiger partial charge in [-0.1, -0.05) is 46.8 Å². The summed E-state index contributed by atoms with van der Waals surface area (Å²) < 4.78 is 0. The highest BCUT2D eigenvalue weighted by Gasteiger charge is 2.26. The van der Waals surface area contributed by atoms with E-state index in [1.807, 2.05) is 88.4 Å². The molecule has 2 N–H and O–H groups in total. The van der Waals surface area contributed by atoms with E-state index in [4.69, 9.17) is 11.1 Å². The quantitative estimate of drug-likeness (QED) is 0.395. The maximum atomic E-state index is 7.48. The van der Waals surface area contributed by atoms with Crippen molar-refractivity contribution < 1.29 is 0 Å². The van der Waals surface area contributed by atoms with Crippen LogP contribution < -0.4 is 10.0 Å². The maximum absolute atomic E-state index is 7.48. The Bertz CT molecular complexity index is 719. The minimum Gasteiger partial charge on any atom is -0.245 e. The fourth-order valence-electron chi connectivity index (χ4n) is 2.64. The normalized spacial score (nSPS) is 12.0. The molecule has 0 saturated carbocycles. The molecule has 8 nitrogen and oxygen atoms in total. The molecular formula is C20H28N8. The third kappa shape index (κ3) is 6.22. The van der Waals surface area contributed by atoms with Crippen LogP contribution in [0.5, 0.6) is 0 Å². The molecule has 148 valence electrons. The molecule has 8 heteroatoms. The number of nitrogens with zero attached hydrogens (tertiary/aromatic N) is 6. The molecular weight excluding hydrogens is 352 g/mol. The maximum Gasteiger partial charge on any atom is 0.0955 e. The van der Waals surface area contributed by atoms with E-state index in [1.54, 1.807) is 10.0 Å². The van der Waals surface area contributed by atoms with E-state index in [0.717, 1.165) is 11.4 Å². The molecule has 0 saturated heterocycles. The Morgan fingerprint density at radius 3 is 1.25 bits per heavy atom. The second-order valence-electron chi connectivity index (χ2n) is 7.81. The lowest BCUT2D eigenvalue weighted by atomic mass is 10.1. The van der Waals surface area contributed by atoms with Crippen LogP contribution in [0.25, 0.3) is 0 Å². The molecule has 0 amide bonds. The average Bonchev–Trinajstić information content (AvgIpc) is 2.70. The molecule has 0 aliphatic heterocycles. The molecule has 0 heterocycles. The molecule has 28 heavy (non-hydrogen) atoms. The van der Waals surface area contributed by atoms with Gasteiger partial charge in [-0.05, 0) is 52.0 Å². The van der Waals surface area contributed by atoms with Crippen LogP contribution in [0.1, 0.15) is 27.7 Å². The summed E-state index contributed by atoms with van der Waals surface area (Å²) in [6, 6.07) is 19.1. The SMILES string of the molecule is CC(C)(CN(N=N)c1ccccc1)N=NC(C)(C)CN(N=N)c1ccccc1. The van der Waals surface area contributed by atoms with E-state index < -0.39 is 11.1 Å². The lowest BCUT2D eigenvalue weighted by molar-refractivity contribution is 0.413. The van der Waals surface area contributed by atoms with Gasteiger partial charge in [-0.15, -0.1) is 0 Å². The van der Waals surface area contributed by atoms with Gasteiger partial charge < -0.3 is 0 Å². The molecule has 0 fully saturated rings. The smallest absolute Gasteiger partial charge is 0.0955 e. The van der Waals surface area contributed by atoms with Crippen LogP contribution in [-0.2, 0) is 0 Å². The Morgan fingerprint density at radius 1 is 0.643 bits per heavy atom. The monoisotopic (exact) mass is 380 g/mol. The van der Waals surface area contributed by atoms with Gasteiger partial charge in [0, 0.05) is 0 Å². The zero-order valence-corrected chi connectivity index (χ0v) is 16.9. The third-order valence-electron chi connectivity index (χ3n) is 4.01. The zero-order chi connectivity index (χ0) is 20.6. The summed E-state index contributed by atoms with van der Waals surface area (Å²) in [5.74, 6) is 0. The van der Waals surface area contributed by atoms with Crippen LogP contribution in [0, 0.1) is 11.1 Å². The molecule has 0 radical (unpaired) electrons. The third-order valence-corrected chi connectivity index (χ3v) is 4.01. The number of anilines is 2. The standard InChI is InChI=1S/C20H28N8/c1-19(2,15-27(25-21)17-11-7-5-8-12-17)23-24-20(3,4)16-28(26-22)18-13-9-6-10-14-18/h5-14,21-22H,15-16H2,1-4H3. The van der Waals surface area contributed by atoms with Crippen LogP contribution in [0.2, 0.25) is 0 Å². The molecule has 2 aromatic carbocycles. The molecule has 0 atom stereocenters.